The van der Waals surface area contributed by atoms with Gasteiger partial charge in [0.15, 0.2) is 0 Å². The van der Waals surface area contributed by atoms with Crippen molar-refractivity contribution in [1.29, 1.82) is 5.26 Å². The minimum atomic E-state index is -0.956. The lowest BCUT2D eigenvalue weighted by molar-refractivity contribution is -0.137. The van der Waals surface area contributed by atoms with Crippen molar-refractivity contribution in [3.05, 3.63) is 0 Å². The molecule has 3 N–H and O–H groups in total. The first-order valence-electron chi connectivity index (χ1n) is 4.53. The second-order valence-corrected chi connectivity index (χ2v) is 4.83. The van der Waals surface area contributed by atoms with E-state index in [0.29, 0.717) is 12.2 Å². The molecule has 1 aliphatic rings. The number of hydrogen-bond acceptors (Lipinski definition) is 4. The quantitative estimate of drug-likeness (QED) is 0.683. The van der Waals surface area contributed by atoms with Gasteiger partial charge in [-0.25, -0.2) is 0 Å². The Labute approximate surface area is 87.5 Å². The summed E-state index contributed by atoms with van der Waals surface area (Å²) in [7, 11) is 0. The number of thioether (sulfide) groups is 1. The Balaban J connectivity index is 2.16. The zero-order chi connectivity index (χ0) is 10.6. The fourth-order valence-electron chi connectivity index (χ4n) is 1.19. The summed E-state index contributed by atoms with van der Waals surface area (Å²) in [6.07, 6.45) is 2.77. The molecule has 1 saturated carbocycles. The number of nitriles is 1. The number of carbonyl (C=O) groups is 1. The van der Waals surface area contributed by atoms with Gasteiger partial charge in [0.1, 0.15) is 6.04 Å². The summed E-state index contributed by atoms with van der Waals surface area (Å²) in [6.45, 7) is 0. The van der Waals surface area contributed by atoms with Crippen LogP contribution in [0.5, 0.6) is 0 Å². The summed E-state index contributed by atoms with van der Waals surface area (Å²) >= 11 is 1.54. The Hall–Kier alpha value is -0.730. The number of nitrogens with two attached hydrogens (primary N) is 1. The summed E-state index contributed by atoms with van der Waals surface area (Å²) in [5, 5.41) is 17.1. The van der Waals surface area contributed by atoms with E-state index < -0.39 is 12.0 Å². The second-order valence-electron chi connectivity index (χ2n) is 3.79. The highest BCUT2D eigenvalue weighted by molar-refractivity contribution is 7.99. The molecule has 0 spiro atoms. The molecule has 4 nitrogen and oxygen atoms in total. The molecule has 0 amide bonds. The zero-order valence-corrected chi connectivity index (χ0v) is 8.72. The van der Waals surface area contributed by atoms with Crippen LogP contribution in [0.4, 0.5) is 0 Å². The van der Waals surface area contributed by atoms with E-state index in [1.54, 1.807) is 11.8 Å². The first kappa shape index (κ1) is 11.3. The number of carboxylic acids is 1. The maximum absolute atomic E-state index is 10.4. The molecule has 1 fully saturated rings. The van der Waals surface area contributed by atoms with Crippen molar-refractivity contribution in [2.75, 3.05) is 11.5 Å². The van der Waals surface area contributed by atoms with Crippen LogP contribution in [0.1, 0.15) is 19.3 Å². The highest BCUT2D eigenvalue weighted by atomic mass is 32.2. The molecule has 1 atom stereocenters. The van der Waals surface area contributed by atoms with E-state index in [1.807, 2.05) is 0 Å². The Morgan fingerprint density at radius 3 is 2.79 bits per heavy atom. The number of aliphatic carboxylic acids is 1. The van der Waals surface area contributed by atoms with Gasteiger partial charge in [0.05, 0.1) is 6.07 Å². The van der Waals surface area contributed by atoms with E-state index >= 15 is 0 Å². The van der Waals surface area contributed by atoms with Gasteiger partial charge in [0, 0.05) is 12.2 Å². The molecule has 1 unspecified atom stereocenters. The third-order valence-electron chi connectivity index (χ3n) is 2.43. The van der Waals surface area contributed by atoms with Gasteiger partial charge in [-0.05, 0) is 24.0 Å². The van der Waals surface area contributed by atoms with Crippen molar-refractivity contribution >= 4 is 17.7 Å². The smallest absolute Gasteiger partial charge is 0.321 e. The maximum Gasteiger partial charge on any atom is 0.321 e. The van der Waals surface area contributed by atoms with Crippen LogP contribution in [-0.4, -0.2) is 28.6 Å². The molecule has 14 heavy (non-hydrogen) atoms. The summed E-state index contributed by atoms with van der Waals surface area (Å²) < 4.78 is 0. The molecule has 0 aromatic heterocycles. The van der Waals surface area contributed by atoms with E-state index in [-0.39, 0.29) is 5.41 Å². The summed E-state index contributed by atoms with van der Waals surface area (Å²) in [4.78, 5) is 10.4. The maximum atomic E-state index is 10.4. The molecule has 0 aromatic carbocycles. The molecule has 78 valence electrons. The molecule has 0 saturated heterocycles. The van der Waals surface area contributed by atoms with Gasteiger partial charge >= 0.3 is 5.97 Å². The second kappa shape index (κ2) is 4.67. The van der Waals surface area contributed by atoms with Gasteiger partial charge < -0.3 is 10.8 Å². The third-order valence-corrected chi connectivity index (χ3v) is 3.85. The van der Waals surface area contributed by atoms with Gasteiger partial charge in [-0.3, -0.25) is 4.79 Å². The van der Waals surface area contributed by atoms with Crippen molar-refractivity contribution in [1.82, 2.24) is 0 Å². The Bertz CT molecular complexity index is 258. The Morgan fingerprint density at radius 1 is 1.71 bits per heavy atom. The average Bonchev–Trinajstić information content (AvgIpc) is 2.85. The van der Waals surface area contributed by atoms with Crippen LogP contribution < -0.4 is 5.73 Å². The number of rotatable bonds is 6. The largest absolute Gasteiger partial charge is 0.480 e. The lowest BCUT2D eigenvalue weighted by atomic mass is 10.1. The van der Waals surface area contributed by atoms with Crippen molar-refractivity contribution in [3.8, 4) is 6.07 Å². The van der Waals surface area contributed by atoms with Crippen molar-refractivity contribution in [3.63, 3.8) is 0 Å². The molecule has 5 heteroatoms. The van der Waals surface area contributed by atoms with Crippen LogP contribution in [0.2, 0.25) is 0 Å². The Kier molecular flexibility index (Phi) is 3.78. The molecular formula is C9H14N2O2S. The molecule has 0 bridgehead atoms. The SMILES string of the molecule is N#CCC1(CSCC(N)C(=O)O)CC1. The lowest BCUT2D eigenvalue weighted by Crippen LogP contribution is -2.32. The summed E-state index contributed by atoms with van der Waals surface area (Å²) in [6, 6.07) is 1.39. The fourth-order valence-corrected chi connectivity index (χ4v) is 2.53. The molecule has 0 aliphatic heterocycles. The van der Waals surface area contributed by atoms with Gasteiger partial charge in [0.2, 0.25) is 0 Å². The minimum absolute atomic E-state index is 0.178. The van der Waals surface area contributed by atoms with E-state index in [9.17, 15) is 4.79 Å². The van der Waals surface area contributed by atoms with Crippen molar-refractivity contribution < 1.29 is 9.90 Å². The van der Waals surface area contributed by atoms with Crippen LogP contribution in [-0.2, 0) is 4.79 Å². The molecule has 1 rings (SSSR count). The average molecular weight is 214 g/mol. The van der Waals surface area contributed by atoms with Crippen LogP contribution in [0, 0.1) is 16.7 Å². The van der Waals surface area contributed by atoms with E-state index in [0.717, 1.165) is 18.6 Å². The van der Waals surface area contributed by atoms with Gasteiger partial charge in [-0.15, -0.1) is 0 Å². The zero-order valence-electron chi connectivity index (χ0n) is 7.90. The van der Waals surface area contributed by atoms with Gasteiger partial charge in [-0.1, -0.05) is 0 Å². The monoisotopic (exact) mass is 214 g/mol. The molecule has 0 radical (unpaired) electrons. The normalized spacial score (nSPS) is 19.7. The van der Waals surface area contributed by atoms with Crippen LogP contribution in [0.15, 0.2) is 0 Å². The minimum Gasteiger partial charge on any atom is -0.480 e. The molecule has 0 aromatic rings. The lowest BCUT2D eigenvalue weighted by Gasteiger charge is -2.11. The van der Waals surface area contributed by atoms with E-state index in [1.165, 1.54) is 0 Å². The molecule has 0 heterocycles. The van der Waals surface area contributed by atoms with Crippen LogP contribution in [0.25, 0.3) is 0 Å². The van der Waals surface area contributed by atoms with Crippen molar-refractivity contribution in [2.24, 2.45) is 11.1 Å². The number of hydrogen-bond donors (Lipinski definition) is 2. The molecule has 1 aliphatic carbocycles. The van der Waals surface area contributed by atoms with E-state index in [2.05, 4.69) is 6.07 Å². The number of nitrogens with zero attached hydrogens (tertiary/aromatic N) is 1. The summed E-state index contributed by atoms with van der Waals surface area (Å²) in [5.74, 6) is 0.340. The van der Waals surface area contributed by atoms with E-state index in [4.69, 9.17) is 16.1 Å². The predicted molar refractivity (Wildman–Crippen MR) is 54.8 cm³/mol. The van der Waals surface area contributed by atoms with Gasteiger partial charge in [0.25, 0.3) is 0 Å². The van der Waals surface area contributed by atoms with Crippen molar-refractivity contribution in [2.45, 2.75) is 25.3 Å². The highest BCUT2D eigenvalue weighted by Crippen LogP contribution is 2.50. The first-order valence-corrected chi connectivity index (χ1v) is 5.68. The van der Waals surface area contributed by atoms with Gasteiger partial charge in [-0.2, -0.15) is 17.0 Å². The summed E-state index contributed by atoms with van der Waals surface area (Å²) in [5.41, 5.74) is 5.53. The Morgan fingerprint density at radius 2 is 2.36 bits per heavy atom. The topological polar surface area (TPSA) is 87.1 Å². The predicted octanol–water partition coefficient (Wildman–Crippen LogP) is 0.825. The standard InChI is InChI=1S/C9H14N2O2S/c10-4-3-9(1-2-9)6-14-5-7(11)8(12)13/h7H,1-3,5-6,11H2,(H,12,13). The third kappa shape index (κ3) is 3.20. The van der Waals surface area contributed by atoms with Crippen LogP contribution >= 0.6 is 11.8 Å². The first-order chi connectivity index (χ1) is 6.59. The fraction of sp³-hybridized carbons (Fsp3) is 0.778. The molecular weight excluding hydrogens is 200 g/mol. The number of carboxylic acid groups (broad SMARTS) is 1. The van der Waals surface area contributed by atoms with Crippen LogP contribution in [0.3, 0.4) is 0 Å². The highest BCUT2D eigenvalue weighted by Gasteiger charge is 2.42.